The van der Waals surface area contributed by atoms with Crippen LogP contribution in [-0.2, 0) is 11.2 Å². The van der Waals surface area contributed by atoms with E-state index < -0.39 is 0 Å². The highest BCUT2D eigenvalue weighted by atomic mass is 35.5. The maximum atomic E-state index is 12.8. The van der Waals surface area contributed by atoms with Crippen LogP contribution in [0.5, 0.6) is 0 Å². The molecule has 0 saturated carbocycles. The molecule has 0 unspecified atom stereocenters. The van der Waals surface area contributed by atoms with E-state index in [1.54, 1.807) is 0 Å². The molecule has 0 atom stereocenters. The molecule has 3 amide bonds. The smallest absolute Gasteiger partial charge is 0.319 e. The Morgan fingerprint density at radius 2 is 1.67 bits per heavy atom. The number of urea groups is 1. The van der Waals surface area contributed by atoms with E-state index in [0.29, 0.717) is 19.5 Å². The minimum Gasteiger partial charge on any atom is -0.351 e. The van der Waals surface area contributed by atoms with E-state index >= 15 is 0 Å². The number of rotatable bonds is 4. The molecule has 3 rings (SSSR count). The van der Waals surface area contributed by atoms with Crippen molar-refractivity contribution in [2.24, 2.45) is 5.92 Å². The maximum absolute atomic E-state index is 12.8. The fourth-order valence-corrected chi connectivity index (χ4v) is 4.24. The molecule has 2 saturated heterocycles. The van der Waals surface area contributed by atoms with Crippen LogP contribution in [0.1, 0.15) is 45.1 Å². The molecule has 2 fully saturated rings. The monoisotopic (exact) mass is 391 g/mol. The zero-order valence-corrected chi connectivity index (χ0v) is 17.1. The zero-order valence-electron chi connectivity index (χ0n) is 16.3. The number of benzene rings is 1. The highest BCUT2D eigenvalue weighted by Gasteiger charge is 2.32. The van der Waals surface area contributed by atoms with Gasteiger partial charge in [0.1, 0.15) is 0 Å². The summed E-state index contributed by atoms with van der Waals surface area (Å²) in [6.45, 7) is 7.13. The molecule has 27 heavy (non-hydrogen) atoms. The van der Waals surface area contributed by atoms with Crippen LogP contribution in [-0.4, -0.2) is 53.5 Å². The largest absolute Gasteiger partial charge is 0.351 e. The number of carbonyl (C=O) groups is 2. The van der Waals surface area contributed by atoms with Crippen molar-refractivity contribution >= 4 is 23.5 Å². The van der Waals surface area contributed by atoms with Gasteiger partial charge in [0.25, 0.3) is 0 Å². The van der Waals surface area contributed by atoms with Crippen molar-refractivity contribution in [3.63, 3.8) is 0 Å². The van der Waals surface area contributed by atoms with Gasteiger partial charge in [-0.05, 0) is 57.6 Å². The predicted octanol–water partition coefficient (Wildman–Crippen LogP) is 3.71. The summed E-state index contributed by atoms with van der Waals surface area (Å²) in [5.41, 5.74) is 0.667. The number of carbonyl (C=O) groups excluding carboxylic acids is 2. The van der Waals surface area contributed by atoms with E-state index in [9.17, 15) is 9.59 Å². The normalized spacial score (nSPS) is 18.6. The van der Waals surface area contributed by atoms with E-state index in [1.807, 2.05) is 47.9 Å². The Kier molecular flexibility index (Phi) is 6.30. The highest BCUT2D eigenvalue weighted by molar-refractivity contribution is 6.31. The van der Waals surface area contributed by atoms with Crippen LogP contribution in [0.15, 0.2) is 24.3 Å². The molecule has 0 radical (unpaired) electrons. The van der Waals surface area contributed by atoms with Gasteiger partial charge < -0.3 is 15.1 Å². The highest BCUT2D eigenvalue weighted by Crippen LogP contribution is 2.24. The zero-order chi connectivity index (χ0) is 19.4. The molecule has 0 aromatic heterocycles. The molecule has 0 aliphatic carbocycles. The predicted molar refractivity (Wildman–Crippen MR) is 108 cm³/mol. The number of nitrogens with zero attached hydrogens (tertiary/aromatic N) is 2. The lowest BCUT2D eigenvalue weighted by atomic mass is 9.91. The summed E-state index contributed by atoms with van der Waals surface area (Å²) < 4.78 is 0. The third-order valence-electron chi connectivity index (χ3n) is 5.56. The quantitative estimate of drug-likeness (QED) is 0.850. The van der Waals surface area contributed by atoms with Crippen molar-refractivity contribution < 1.29 is 9.59 Å². The van der Waals surface area contributed by atoms with Crippen LogP contribution in [0.3, 0.4) is 0 Å². The number of halogens is 1. The first kappa shape index (κ1) is 20.0. The number of hydrogen-bond donors (Lipinski definition) is 1. The van der Waals surface area contributed by atoms with Crippen LogP contribution in [0.2, 0.25) is 5.02 Å². The molecule has 2 aliphatic rings. The number of hydrogen-bond acceptors (Lipinski definition) is 2. The van der Waals surface area contributed by atoms with Gasteiger partial charge in [0.2, 0.25) is 5.91 Å². The van der Waals surface area contributed by atoms with Crippen molar-refractivity contribution in [3.8, 4) is 0 Å². The van der Waals surface area contributed by atoms with Crippen molar-refractivity contribution in [3.05, 3.63) is 34.9 Å². The summed E-state index contributed by atoms with van der Waals surface area (Å²) in [7, 11) is 0. The van der Waals surface area contributed by atoms with E-state index in [-0.39, 0.29) is 23.4 Å². The maximum Gasteiger partial charge on any atom is 0.319 e. The van der Waals surface area contributed by atoms with E-state index in [1.165, 1.54) is 0 Å². The molecule has 1 aromatic carbocycles. The summed E-state index contributed by atoms with van der Waals surface area (Å²) in [6.07, 6.45) is 4.35. The Labute approximate surface area is 167 Å². The number of likely N-dealkylation sites (tertiary alicyclic amines) is 2. The van der Waals surface area contributed by atoms with Crippen LogP contribution in [0, 0.1) is 5.92 Å². The summed E-state index contributed by atoms with van der Waals surface area (Å²) in [4.78, 5) is 29.1. The molecule has 1 aromatic rings. The van der Waals surface area contributed by atoms with Gasteiger partial charge in [0.15, 0.2) is 0 Å². The minimum absolute atomic E-state index is 0.0295. The first-order chi connectivity index (χ1) is 12.9. The average molecular weight is 392 g/mol. The van der Waals surface area contributed by atoms with Gasteiger partial charge in [-0.2, -0.15) is 0 Å². The van der Waals surface area contributed by atoms with Gasteiger partial charge in [0, 0.05) is 42.7 Å². The second-order valence-electron chi connectivity index (χ2n) is 8.38. The van der Waals surface area contributed by atoms with Gasteiger partial charge in [-0.3, -0.25) is 4.79 Å². The van der Waals surface area contributed by atoms with Crippen molar-refractivity contribution in [2.75, 3.05) is 26.2 Å². The molecule has 1 N–H and O–H groups in total. The van der Waals surface area contributed by atoms with Gasteiger partial charge in [0.05, 0.1) is 0 Å². The first-order valence-corrected chi connectivity index (χ1v) is 10.3. The topological polar surface area (TPSA) is 52.7 Å². The average Bonchev–Trinajstić information content (AvgIpc) is 3.17. The van der Waals surface area contributed by atoms with Crippen LogP contribution >= 0.6 is 11.6 Å². The second kappa shape index (κ2) is 8.51. The van der Waals surface area contributed by atoms with Crippen LogP contribution < -0.4 is 5.32 Å². The van der Waals surface area contributed by atoms with Crippen molar-refractivity contribution in [1.29, 1.82) is 0 Å². The molecule has 6 heteroatoms. The fraction of sp³-hybridized carbons (Fsp3) is 0.619. The van der Waals surface area contributed by atoms with Crippen LogP contribution in [0.4, 0.5) is 4.79 Å². The Hall–Kier alpha value is -1.75. The number of nitrogens with one attached hydrogen (secondary N) is 1. The number of amides is 3. The lowest BCUT2D eigenvalue weighted by Gasteiger charge is -2.35. The lowest BCUT2D eigenvalue weighted by Crippen LogP contribution is -2.51. The van der Waals surface area contributed by atoms with Crippen LogP contribution in [0.25, 0.3) is 0 Å². The molecule has 0 spiro atoms. The fourth-order valence-electron chi connectivity index (χ4n) is 4.04. The molecule has 5 nitrogen and oxygen atoms in total. The first-order valence-electron chi connectivity index (χ1n) is 9.95. The minimum atomic E-state index is -0.370. The molecule has 148 valence electrons. The van der Waals surface area contributed by atoms with E-state index in [4.69, 9.17) is 11.6 Å². The summed E-state index contributed by atoms with van der Waals surface area (Å²) in [5, 5.41) is 3.92. The summed E-state index contributed by atoms with van der Waals surface area (Å²) in [5.74, 6) is 0.0541. The standard InChI is InChI=1S/C21H30ClN3O2/c1-21(2,15-17-7-3-4-8-18(17)22)23-19(26)16-9-13-25(14-10-16)20(27)24-11-5-6-12-24/h3-4,7-8,16H,5-6,9-15H2,1-2H3,(H,23,26). The Morgan fingerprint density at radius 3 is 2.30 bits per heavy atom. The number of piperidine rings is 1. The molecular weight excluding hydrogens is 362 g/mol. The third-order valence-corrected chi connectivity index (χ3v) is 5.93. The van der Waals surface area contributed by atoms with E-state index in [0.717, 1.165) is 49.4 Å². The van der Waals surface area contributed by atoms with Crippen molar-refractivity contribution in [2.45, 2.75) is 51.5 Å². The molecule has 0 bridgehead atoms. The Morgan fingerprint density at radius 1 is 1.07 bits per heavy atom. The second-order valence-corrected chi connectivity index (χ2v) is 8.79. The van der Waals surface area contributed by atoms with Gasteiger partial charge in [-0.1, -0.05) is 29.8 Å². The lowest BCUT2D eigenvalue weighted by molar-refractivity contribution is -0.127. The van der Waals surface area contributed by atoms with Gasteiger partial charge >= 0.3 is 6.03 Å². The summed E-state index contributed by atoms with van der Waals surface area (Å²) in [6, 6.07) is 7.90. The van der Waals surface area contributed by atoms with E-state index in [2.05, 4.69) is 5.32 Å². The molecule has 2 heterocycles. The van der Waals surface area contributed by atoms with Gasteiger partial charge in [-0.25, -0.2) is 4.79 Å². The summed E-state index contributed by atoms with van der Waals surface area (Å²) >= 11 is 6.26. The Bertz CT molecular complexity index is 678. The van der Waals surface area contributed by atoms with Gasteiger partial charge in [-0.15, -0.1) is 0 Å². The Balaban J connectivity index is 1.50. The third kappa shape index (κ3) is 5.16. The molecule has 2 aliphatic heterocycles. The SMILES string of the molecule is CC(C)(Cc1ccccc1Cl)NC(=O)C1CCN(C(=O)N2CCCC2)CC1. The molecular formula is C21H30ClN3O2. The van der Waals surface area contributed by atoms with Crippen molar-refractivity contribution in [1.82, 2.24) is 15.1 Å².